The molecule has 0 amide bonds. The second kappa shape index (κ2) is 37.2. The molecule has 0 radical (unpaired) electrons. The number of rotatable bonds is 15. The van der Waals surface area contributed by atoms with Gasteiger partial charge in [0.05, 0.1) is 94.7 Å². The highest BCUT2D eigenvalue weighted by molar-refractivity contribution is 6.17. The number of benzene rings is 21. The van der Waals surface area contributed by atoms with Crippen molar-refractivity contribution in [1.82, 2.24) is 42.4 Å². The van der Waals surface area contributed by atoms with Crippen molar-refractivity contribution in [3.05, 3.63) is 564 Å². The first kappa shape index (κ1) is 87.6. The summed E-state index contributed by atoms with van der Waals surface area (Å²) in [5, 5.41) is 15.0. The molecule has 30 rings (SSSR count). The van der Waals surface area contributed by atoms with Crippen molar-refractivity contribution in [2.24, 2.45) is 0 Å². The van der Waals surface area contributed by atoms with E-state index in [1.807, 2.05) is 36.5 Å². The highest BCUT2D eigenvalue weighted by Gasteiger charge is 2.24. The van der Waals surface area contributed by atoms with E-state index >= 15 is 0 Å². The molecular weight excluding hydrogens is 1820 g/mol. The summed E-state index contributed by atoms with van der Waals surface area (Å²) >= 11 is 0. The predicted molar refractivity (Wildman–Crippen MR) is 628 cm³/mol. The minimum absolute atomic E-state index is 0.959. The summed E-state index contributed by atoms with van der Waals surface area (Å²) < 4.78 is 14.2. The van der Waals surface area contributed by atoms with Gasteiger partial charge in [0.15, 0.2) is 0 Å². The van der Waals surface area contributed by atoms with Crippen molar-refractivity contribution in [3.63, 3.8) is 0 Å². The number of pyridine rings is 3. The second-order valence-corrected chi connectivity index (χ2v) is 38.5. The maximum Gasteiger partial charge on any atom is 0.0710 e. The van der Waals surface area contributed by atoms with Crippen molar-refractivity contribution < 1.29 is 0 Å². The van der Waals surface area contributed by atoms with Crippen molar-refractivity contribution in [1.29, 1.82) is 0 Å². The highest BCUT2D eigenvalue weighted by atomic mass is 15.0. The van der Waals surface area contributed by atoms with E-state index < -0.39 is 0 Å². The van der Waals surface area contributed by atoms with Gasteiger partial charge in [-0.05, 0) is 251 Å². The maximum absolute atomic E-state index is 5.05. The van der Waals surface area contributed by atoms with Gasteiger partial charge in [0.1, 0.15) is 0 Å². The molecule has 9 nitrogen and oxygen atoms in total. The van der Waals surface area contributed by atoms with Gasteiger partial charge >= 0.3 is 0 Å². The van der Waals surface area contributed by atoms with Crippen molar-refractivity contribution in [2.75, 3.05) is 0 Å². The molecule has 702 valence electrons. The largest absolute Gasteiger partial charge is 0.309 e. The fourth-order valence-corrected chi connectivity index (χ4v) is 22.8. The smallest absolute Gasteiger partial charge is 0.0710 e. The molecule has 0 bridgehead atoms. The van der Waals surface area contributed by atoms with E-state index in [1.165, 1.54) is 181 Å². The van der Waals surface area contributed by atoms with Gasteiger partial charge in [-0.25, -0.2) is 9.97 Å². The molecule has 30 aromatic rings. The Labute approximate surface area is 866 Å². The molecule has 0 saturated heterocycles. The number of hydrogen-bond donors (Lipinski definition) is 0. The summed E-state index contributed by atoms with van der Waals surface area (Å²) in [6, 6.07) is 200. The lowest BCUT2D eigenvalue weighted by atomic mass is 10.0. The Bertz CT molecular complexity index is 10400. The van der Waals surface area contributed by atoms with Crippen LogP contribution in [0.15, 0.2) is 564 Å². The Morgan fingerprint density at radius 2 is 0.307 bits per heavy atom. The summed E-state index contributed by atoms with van der Waals surface area (Å²) in [6.07, 6.45) is 1.97. The topological polar surface area (TPSA) is 68.2 Å². The summed E-state index contributed by atoms with van der Waals surface area (Å²) in [6.45, 7) is 0. The Morgan fingerprint density at radius 3 is 0.593 bits per heavy atom. The average molecular weight is 1910 g/mol. The lowest BCUT2D eigenvalue weighted by Gasteiger charge is -2.11. The molecule has 21 aromatic carbocycles. The zero-order valence-electron chi connectivity index (χ0n) is 81.7. The monoisotopic (exact) mass is 1910 g/mol. The Hall–Kier alpha value is -20.1. The molecule has 0 saturated carbocycles. The van der Waals surface area contributed by atoms with Crippen LogP contribution < -0.4 is 0 Å². The van der Waals surface area contributed by atoms with Crippen LogP contribution in [-0.4, -0.2) is 42.4 Å². The molecule has 0 aliphatic carbocycles. The Morgan fingerprint density at radius 1 is 0.107 bits per heavy atom. The van der Waals surface area contributed by atoms with Crippen LogP contribution in [-0.2, 0) is 0 Å². The van der Waals surface area contributed by atoms with E-state index in [1.54, 1.807) is 0 Å². The van der Waals surface area contributed by atoms with Crippen LogP contribution >= 0.6 is 0 Å². The fraction of sp³-hybridized carbons (Fsp3) is 0. The fourth-order valence-electron chi connectivity index (χ4n) is 22.8. The maximum atomic E-state index is 5.05. The minimum Gasteiger partial charge on any atom is -0.309 e. The molecule has 0 atom stereocenters. The third kappa shape index (κ3) is 15.5. The molecule has 9 heterocycles. The quantitative estimate of drug-likeness (QED) is 0.103. The van der Waals surface area contributed by atoms with Gasteiger partial charge in [-0.3, -0.25) is 4.98 Å². The minimum atomic E-state index is 0.959. The van der Waals surface area contributed by atoms with Crippen molar-refractivity contribution >= 4 is 131 Å². The molecule has 0 fully saturated rings. The number of nitrogens with zero attached hydrogens (tertiary/aromatic N) is 9. The molecule has 9 aromatic heterocycles. The highest BCUT2D eigenvalue weighted by Crippen LogP contribution is 2.46. The van der Waals surface area contributed by atoms with Gasteiger partial charge in [0.2, 0.25) is 0 Å². The average Bonchev–Trinajstić information content (AvgIpc) is 1.59. The van der Waals surface area contributed by atoms with Crippen LogP contribution in [0.3, 0.4) is 0 Å². The first-order valence-electron chi connectivity index (χ1n) is 51.2. The van der Waals surface area contributed by atoms with E-state index in [2.05, 4.69) is 555 Å². The van der Waals surface area contributed by atoms with E-state index in [9.17, 15) is 0 Å². The molecular formula is C141H93N9. The normalized spacial score (nSPS) is 11.6. The number of aromatic nitrogens is 9. The second-order valence-electron chi connectivity index (χ2n) is 38.5. The van der Waals surface area contributed by atoms with Crippen molar-refractivity contribution in [3.8, 4) is 135 Å². The van der Waals surface area contributed by atoms with Gasteiger partial charge < -0.3 is 27.4 Å². The van der Waals surface area contributed by atoms with Crippen LogP contribution in [0, 0.1) is 0 Å². The molecule has 0 spiro atoms. The first-order chi connectivity index (χ1) is 74.4. The lowest BCUT2D eigenvalue weighted by molar-refractivity contribution is 1.18. The molecule has 0 aliphatic heterocycles. The number of hydrogen-bond acceptors (Lipinski definition) is 3. The Balaban J connectivity index is 0.000000108. The molecule has 0 aliphatic rings. The summed E-state index contributed by atoms with van der Waals surface area (Å²) in [4.78, 5) is 14.8. The molecule has 0 unspecified atom stereocenters. The van der Waals surface area contributed by atoms with E-state index in [4.69, 9.17) is 15.0 Å². The predicted octanol–water partition coefficient (Wildman–Crippen LogP) is 36.8. The molecule has 150 heavy (non-hydrogen) atoms. The van der Waals surface area contributed by atoms with Crippen LogP contribution in [0.25, 0.3) is 266 Å². The third-order valence-electron chi connectivity index (χ3n) is 29.8. The van der Waals surface area contributed by atoms with E-state index in [-0.39, 0.29) is 0 Å². The Kier molecular flexibility index (Phi) is 21.8. The van der Waals surface area contributed by atoms with Crippen LogP contribution in [0.4, 0.5) is 0 Å². The third-order valence-corrected chi connectivity index (χ3v) is 29.8. The van der Waals surface area contributed by atoms with Gasteiger partial charge in [0.25, 0.3) is 0 Å². The van der Waals surface area contributed by atoms with Crippen LogP contribution in [0.2, 0.25) is 0 Å². The number of para-hydroxylation sites is 9. The van der Waals surface area contributed by atoms with E-state index in [0.29, 0.717) is 0 Å². The van der Waals surface area contributed by atoms with Gasteiger partial charge in [-0.2, -0.15) is 0 Å². The zero-order chi connectivity index (χ0) is 99.1. The van der Waals surface area contributed by atoms with Gasteiger partial charge in [-0.15, -0.1) is 0 Å². The SMILES string of the molecule is c1ccc(-c2ccc(-c3ccc(-n4c5ccccc5c5cc(-c6ccc7c(c6)c6ccccc6n7-c6ccccc6)ccc54)cc3)cn2)cc1.c1ccc(-c2cccc(-c3ccc(-n4c5ccccc5c5cc(-c6ccc7c(c6)c6ccccc6n7-c6ccccc6)ccc54)cc3)n2)cc1.c1ccc(-c2cccc(-c3cccc(-n4c5ccccc5c5cc(-c6ccc7c(c6)c6ccccc6n7-c6ccccc6)ccc54)c3)n2)cc1. The van der Waals surface area contributed by atoms with Crippen molar-refractivity contribution in [2.45, 2.75) is 0 Å². The van der Waals surface area contributed by atoms with Gasteiger partial charge in [0, 0.05) is 138 Å². The molecule has 9 heteroatoms. The lowest BCUT2D eigenvalue weighted by Crippen LogP contribution is -1.95. The summed E-state index contributed by atoms with van der Waals surface area (Å²) in [5.74, 6) is 0. The summed E-state index contributed by atoms with van der Waals surface area (Å²) in [7, 11) is 0. The van der Waals surface area contributed by atoms with Crippen LogP contribution in [0.1, 0.15) is 0 Å². The van der Waals surface area contributed by atoms with Gasteiger partial charge in [-0.1, -0.05) is 346 Å². The van der Waals surface area contributed by atoms with Crippen LogP contribution in [0.5, 0.6) is 0 Å². The molecule has 0 N–H and O–H groups in total. The first-order valence-corrected chi connectivity index (χ1v) is 51.2. The van der Waals surface area contributed by atoms with E-state index in [0.717, 1.165) is 84.5 Å². The summed E-state index contributed by atoms with van der Waals surface area (Å²) in [5.41, 5.74) is 41.2. The number of fused-ring (bicyclic) bond motifs is 18. The zero-order valence-corrected chi connectivity index (χ0v) is 81.7. The standard InChI is InChI=1S/3C47H31N3/c1-3-13-32(14-4-1)42-21-12-22-43(48-42)35-15-11-18-37(29-35)50-45-24-10-8-20-39(45)41-31-34(26-28-47(41)50)33-25-27-46-40(30-33)38-19-7-9-23-44(38)49(46)36-16-5-2-6-17-36;1-3-12-32(13-4-1)42-18-11-19-43(48-42)33-22-26-37(27-23-33)50-45-21-10-8-17-39(45)41-31-35(25-29-47(41)50)34-24-28-46-40(30-34)38-16-7-9-20-44(38)49(46)36-14-5-2-6-15-36;1-3-11-33(12-4-1)43-26-21-36(31-48-43)32-19-24-38(25-20-32)50-45-18-10-8-16-40(45)42-30-35(23-28-47(42)50)34-22-27-46-41(29-34)39-15-7-9-17-44(39)49(46)37-13-5-2-6-14-37/h3*1-31H.